The Morgan fingerprint density at radius 3 is 1.78 bits per heavy atom. The average Bonchev–Trinajstić information content (AvgIpc) is 2.91. The Morgan fingerprint density at radius 2 is 1.22 bits per heavy atom. The van der Waals surface area contributed by atoms with Gasteiger partial charge >= 0.3 is 5.97 Å². The van der Waals surface area contributed by atoms with Crippen LogP contribution in [0.4, 0.5) is 0 Å². The van der Waals surface area contributed by atoms with Crippen molar-refractivity contribution in [2.75, 3.05) is 0 Å². The molecule has 5 amide bonds. The van der Waals surface area contributed by atoms with Crippen LogP contribution in [-0.2, 0) is 41.6 Å². The van der Waals surface area contributed by atoms with E-state index in [1.165, 1.54) is 12.1 Å². The molecule has 0 aliphatic rings. The summed E-state index contributed by atoms with van der Waals surface area (Å²) in [5.41, 5.74) is 17.6. The monoisotopic (exact) mass is 570 g/mol. The Bertz CT molecular complexity index is 1240. The van der Waals surface area contributed by atoms with Crippen LogP contribution in [0.1, 0.15) is 30.4 Å². The van der Waals surface area contributed by atoms with Gasteiger partial charge in [0.1, 0.15) is 23.9 Å². The van der Waals surface area contributed by atoms with Gasteiger partial charge in [-0.05, 0) is 36.1 Å². The van der Waals surface area contributed by atoms with Crippen LogP contribution in [0.2, 0.25) is 0 Å². The van der Waals surface area contributed by atoms with Crippen LogP contribution in [-0.4, -0.2) is 69.9 Å². The fraction of sp³-hybridized carbons (Fsp3) is 0.333. The van der Waals surface area contributed by atoms with Gasteiger partial charge in [0, 0.05) is 12.8 Å². The molecule has 0 fully saturated rings. The average molecular weight is 571 g/mol. The predicted octanol–water partition coefficient (Wildman–Crippen LogP) is -1.82. The van der Waals surface area contributed by atoms with Gasteiger partial charge < -0.3 is 43.4 Å². The zero-order chi connectivity index (χ0) is 30.5. The maximum absolute atomic E-state index is 13.3. The van der Waals surface area contributed by atoms with Crippen molar-refractivity contribution in [2.24, 2.45) is 17.2 Å². The maximum atomic E-state index is 13.3. The number of nitrogens with two attached hydrogens (primary N) is 3. The van der Waals surface area contributed by atoms with E-state index >= 15 is 0 Å². The van der Waals surface area contributed by atoms with E-state index in [1.807, 2.05) is 0 Å². The number of aliphatic carboxylic acids is 1. The van der Waals surface area contributed by atoms with Gasteiger partial charge in [-0.15, -0.1) is 0 Å². The molecule has 0 bridgehead atoms. The van der Waals surface area contributed by atoms with Crippen molar-refractivity contribution in [3.63, 3.8) is 0 Å². The van der Waals surface area contributed by atoms with Crippen LogP contribution in [0.5, 0.6) is 5.75 Å². The summed E-state index contributed by atoms with van der Waals surface area (Å²) in [5, 5.41) is 26.0. The zero-order valence-electron chi connectivity index (χ0n) is 22.1. The number of nitrogens with one attached hydrogen (secondary N) is 3. The first-order chi connectivity index (χ1) is 19.3. The molecule has 0 spiro atoms. The SMILES string of the molecule is NC(=O)CCC(NC(=O)C(N)Cc1ccc(O)cc1)C(=O)NC(Cc1ccccc1)C(=O)NC(CC(N)=O)C(=O)O. The molecule has 4 unspecified atom stereocenters. The first-order valence-electron chi connectivity index (χ1n) is 12.6. The molecule has 220 valence electrons. The van der Waals surface area contributed by atoms with E-state index in [-0.39, 0.29) is 31.4 Å². The van der Waals surface area contributed by atoms with E-state index in [4.69, 9.17) is 17.2 Å². The summed E-state index contributed by atoms with van der Waals surface area (Å²) < 4.78 is 0. The number of carbonyl (C=O) groups is 6. The fourth-order valence-electron chi connectivity index (χ4n) is 3.82. The lowest BCUT2D eigenvalue weighted by Gasteiger charge is -2.25. The molecular formula is C27H34N6O8. The number of carboxylic acid groups (broad SMARTS) is 1. The number of primary amides is 2. The highest BCUT2D eigenvalue weighted by atomic mass is 16.4. The molecule has 11 N–H and O–H groups in total. The normalized spacial score (nSPS) is 13.6. The molecule has 0 saturated carbocycles. The van der Waals surface area contributed by atoms with Crippen molar-refractivity contribution in [1.29, 1.82) is 0 Å². The molecule has 4 atom stereocenters. The third-order valence-electron chi connectivity index (χ3n) is 5.98. The predicted molar refractivity (Wildman–Crippen MR) is 146 cm³/mol. The third kappa shape index (κ3) is 11.3. The Balaban J connectivity index is 2.22. The zero-order valence-corrected chi connectivity index (χ0v) is 22.1. The second-order valence-electron chi connectivity index (χ2n) is 9.36. The van der Waals surface area contributed by atoms with Crippen molar-refractivity contribution < 1.29 is 39.0 Å². The number of carbonyl (C=O) groups excluding carboxylic acids is 5. The van der Waals surface area contributed by atoms with Crippen LogP contribution >= 0.6 is 0 Å². The summed E-state index contributed by atoms with van der Waals surface area (Å²) in [4.78, 5) is 73.5. The molecule has 0 radical (unpaired) electrons. The molecule has 14 nitrogen and oxygen atoms in total. The van der Waals surface area contributed by atoms with Gasteiger partial charge in [0.25, 0.3) is 0 Å². The Hall–Kier alpha value is -4.98. The van der Waals surface area contributed by atoms with Crippen molar-refractivity contribution in [3.05, 3.63) is 65.7 Å². The molecule has 0 aromatic heterocycles. The van der Waals surface area contributed by atoms with Crippen molar-refractivity contribution in [3.8, 4) is 5.75 Å². The minimum absolute atomic E-state index is 0.0355. The summed E-state index contributed by atoms with van der Waals surface area (Å²) in [6, 6.07) is 9.11. The molecule has 2 aromatic carbocycles. The lowest BCUT2D eigenvalue weighted by Crippen LogP contribution is -2.58. The van der Waals surface area contributed by atoms with Gasteiger partial charge in [0.15, 0.2) is 0 Å². The van der Waals surface area contributed by atoms with Gasteiger partial charge in [-0.3, -0.25) is 24.0 Å². The molecule has 0 aliphatic carbocycles. The molecule has 0 saturated heterocycles. The molecule has 0 heterocycles. The van der Waals surface area contributed by atoms with Gasteiger partial charge in [0.05, 0.1) is 12.5 Å². The van der Waals surface area contributed by atoms with Gasteiger partial charge in [-0.2, -0.15) is 0 Å². The van der Waals surface area contributed by atoms with Gasteiger partial charge in [0.2, 0.25) is 29.5 Å². The Kier molecular flexibility index (Phi) is 12.2. The molecule has 41 heavy (non-hydrogen) atoms. The van der Waals surface area contributed by atoms with E-state index in [1.54, 1.807) is 42.5 Å². The second-order valence-corrected chi connectivity index (χ2v) is 9.36. The largest absolute Gasteiger partial charge is 0.508 e. The highest BCUT2D eigenvalue weighted by Crippen LogP contribution is 2.11. The van der Waals surface area contributed by atoms with E-state index < -0.39 is 66.1 Å². The fourth-order valence-corrected chi connectivity index (χ4v) is 3.82. The number of phenolic OH excluding ortho intramolecular Hbond substituents is 1. The van der Waals surface area contributed by atoms with Crippen molar-refractivity contribution in [1.82, 2.24) is 16.0 Å². The van der Waals surface area contributed by atoms with E-state index in [0.29, 0.717) is 11.1 Å². The Morgan fingerprint density at radius 1 is 0.683 bits per heavy atom. The quantitative estimate of drug-likeness (QED) is 0.113. The van der Waals surface area contributed by atoms with Crippen molar-refractivity contribution in [2.45, 2.75) is 56.3 Å². The molecular weight excluding hydrogens is 536 g/mol. The number of rotatable bonds is 16. The van der Waals surface area contributed by atoms with E-state index in [9.17, 15) is 39.0 Å². The first kappa shape index (κ1) is 32.2. The first-order valence-corrected chi connectivity index (χ1v) is 12.6. The number of phenols is 1. The van der Waals surface area contributed by atoms with Crippen LogP contribution in [0.3, 0.4) is 0 Å². The third-order valence-corrected chi connectivity index (χ3v) is 5.98. The molecule has 2 rings (SSSR count). The minimum atomic E-state index is -1.64. The lowest BCUT2D eigenvalue weighted by atomic mass is 10.0. The lowest BCUT2D eigenvalue weighted by molar-refractivity contribution is -0.143. The van der Waals surface area contributed by atoms with Crippen LogP contribution in [0.15, 0.2) is 54.6 Å². The Labute approximate surface area is 235 Å². The summed E-state index contributed by atoms with van der Waals surface area (Å²) in [6.45, 7) is 0. The van der Waals surface area contributed by atoms with Crippen molar-refractivity contribution >= 4 is 35.5 Å². The van der Waals surface area contributed by atoms with Gasteiger partial charge in [-0.25, -0.2) is 4.79 Å². The molecule has 2 aromatic rings. The summed E-state index contributed by atoms with van der Waals surface area (Å²) in [5.74, 6) is -5.66. The number of amides is 5. The summed E-state index contributed by atoms with van der Waals surface area (Å²) in [6.07, 6.45) is -1.16. The van der Waals surface area contributed by atoms with Crippen LogP contribution in [0, 0.1) is 0 Å². The highest BCUT2D eigenvalue weighted by molar-refractivity contribution is 5.95. The standard InChI is InChI=1S/C27H34N6O8/c28-18(12-16-6-8-17(34)9-7-16)24(37)31-19(10-11-22(29)35)25(38)32-20(13-15-4-2-1-3-5-15)26(39)33-21(27(40)41)14-23(30)36/h1-9,18-21,34H,10-14,28H2,(H2,29,35)(H2,30,36)(H,31,37)(H,32,38)(H,33,39)(H,40,41). The van der Waals surface area contributed by atoms with Gasteiger partial charge in [-0.1, -0.05) is 42.5 Å². The number of hydrogen-bond acceptors (Lipinski definition) is 8. The van der Waals surface area contributed by atoms with E-state index in [0.717, 1.165) is 0 Å². The molecule has 14 heteroatoms. The topological polar surface area (TPSA) is 257 Å². The minimum Gasteiger partial charge on any atom is -0.508 e. The maximum Gasteiger partial charge on any atom is 0.326 e. The molecule has 0 aliphatic heterocycles. The summed E-state index contributed by atoms with van der Waals surface area (Å²) in [7, 11) is 0. The van der Waals surface area contributed by atoms with Crippen LogP contribution < -0.4 is 33.2 Å². The highest BCUT2D eigenvalue weighted by Gasteiger charge is 2.31. The van der Waals surface area contributed by atoms with E-state index in [2.05, 4.69) is 16.0 Å². The summed E-state index contributed by atoms with van der Waals surface area (Å²) >= 11 is 0. The second kappa shape index (κ2) is 15.6. The van der Waals surface area contributed by atoms with Crippen LogP contribution in [0.25, 0.3) is 0 Å². The number of carboxylic acids is 1. The number of benzene rings is 2. The number of aromatic hydroxyl groups is 1. The smallest absolute Gasteiger partial charge is 0.326 e. The number of hydrogen-bond donors (Lipinski definition) is 8.